The van der Waals surface area contributed by atoms with Crippen LogP contribution in [0.3, 0.4) is 0 Å². The van der Waals surface area contributed by atoms with Crippen LogP contribution in [0.15, 0.2) is 78.9 Å². The van der Waals surface area contributed by atoms with Gasteiger partial charge < -0.3 is 15.2 Å². The van der Waals surface area contributed by atoms with Gasteiger partial charge in [0.15, 0.2) is 0 Å². The predicted molar refractivity (Wildman–Crippen MR) is 117 cm³/mol. The third kappa shape index (κ3) is 4.62. The number of likely N-dealkylation sites (N-methyl/N-ethyl adjacent to an activating group) is 1. The van der Waals surface area contributed by atoms with Gasteiger partial charge in [0, 0.05) is 12.1 Å². The van der Waals surface area contributed by atoms with Gasteiger partial charge in [-0.1, -0.05) is 67.6 Å². The second-order valence-electron chi connectivity index (χ2n) is 6.57. The molecule has 0 saturated heterocycles. The molecule has 0 unspecified atom stereocenters. The molecule has 0 radical (unpaired) electrons. The van der Waals surface area contributed by atoms with Crippen LogP contribution in [0.1, 0.15) is 30.0 Å². The molecule has 3 heteroatoms. The maximum atomic E-state index is 10.6. The zero-order chi connectivity index (χ0) is 19.8. The van der Waals surface area contributed by atoms with Crippen molar-refractivity contribution < 1.29 is 9.84 Å². The lowest BCUT2D eigenvalue weighted by Crippen LogP contribution is -2.15. The highest BCUT2D eigenvalue weighted by molar-refractivity contribution is 5.99. The number of allylic oxidation sites excluding steroid dienone is 1. The van der Waals surface area contributed by atoms with Crippen molar-refractivity contribution in [1.82, 2.24) is 5.32 Å². The molecule has 0 saturated carbocycles. The molecule has 3 rings (SSSR count). The third-order valence-electron chi connectivity index (χ3n) is 4.71. The summed E-state index contributed by atoms with van der Waals surface area (Å²) >= 11 is 0. The average molecular weight is 373 g/mol. The molecule has 3 aromatic rings. The van der Waals surface area contributed by atoms with Crippen molar-refractivity contribution in [1.29, 1.82) is 0 Å². The van der Waals surface area contributed by atoms with E-state index >= 15 is 0 Å². The Labute approximate surface area is 167 Å². The number of nitrogens with one attached hydrogen (secondary N) is 1. The summed E-state index contributed by atoms with van der Waals surface area (Å²) in [5.74, 6) is 1.13. The van der Waals surface area contributed by atoms with Gasteiger partial charge in [-0.05, 0) is 53.9 Å². The number of hydrogen-bond donors (Lipinski definition) is 2. The van der Waals surface area contributed by atoms with Gasteiger partial charge in [0.1, 0.15) is 18.1 Å². The van der Waals surface area contributed by atoms with E-state index in [1.165, 1.54) is 5.57 Å². The lowest BCUT2D eigenvalue weighted by Gasteiger charge is -2.17. The third-order valence-corrected chi connectivity index (χ3v) is 4.71. The molecular weight excluding hydrogens is 346 g/mol. The Hall–Kier alpha value is -3.04. The van der Waals surface area contributed by atoms with Gasteiger partial charge in [0.05, 0.1) is 0 Å². The molecule has 28 heavy (non-hydrogen) atoms. The molecule has 0 aromatic heterocycles. The second-order valence-corrected chi connectivity index (χ2v) is 6.57. The van der Waals surface area contributed by atoms with Crippen molar-refractivity contribution >= 4 is 11.1 Å². The molecule has 0 aliphatic carbocycles. The van der Waals surface area contributed by atoms with Crippen LogP contribution in [0.2, 0.25) is 0 Å². The van der Waals surface area contributed by atoms with Gasteiger partial charge in [-0.25, -0.2) is 0 Å². The Morgan fingerprint density at radius 1 is 0.857 bits per heavy atom. The first-order chi connectivity index (χ1) is 13.7. The Bertz CT molecular complexity index is 915. The first kappa shape index (κ1) is 19.7. The van der Waals surface area contributed by atoms with Gasteiger partial charge in [-0.2, -0.15) is 0 Å². The molecule has 2 N–H and O–H groups in total. The number of hydrogen-bond acceptors (Lipinski definition) is 3. The highest BCUT2D eigenvalue weighted by atomic mass is 16.5. The van der Waals surface area contributed by atoms with Gasteiger partial charge >= 0.3 is 0 Å². The smallest absolute Gasteiger partial charge is 0.123 e. The zero-order valence-electron chi connectivity index (χ0n) is 16.5. The summed E-state index contributed by atoms with van der Waals surface area (Å²) in [5.41, 5.74) is 5.31. The van der Waals surface area contributed by atoms with Crippen molar-refractivity contribution in [3.63, 3.8) is 0 Å². The molecule has 0 heterocycles. The Morgan fingerprint density at radius 2 is 1.54 bits per heavy atom. The summed E-state index contributed by atoms with van der Waals surface area (Å²) in [4.78, 5) is 0. The largest absolute Gasteiger partial charge is 0.507 e. The number of rotatable bonds is 8. The first-order valence-electron chi connectivity index (χ1n) is 9.69. The van der Waals surface area contributed by atoms with E-state index in [4.69, 9.17) is 4.74 Å². The quantitative estimate of drug-likeness (QED) is 0.413. The fourth-order valence-corrected chi connectivity index (χ4v) is 3.33. The van der Waals surface area contributed by atoms with E-state index in [0.717, 1.165) is 41.0 Å². The van der Waals surface area contributed by atoms with E-state index in [0.29, 0.717) is 6.61 Å². The average Bonchev–Trinajstić information content (AvgIpc) is 2.74. The minimum absolute atomic E-state index is 0.286. The predicted octanol–water partition coefficient (Wildman–Crippen LogP) is 5.36. The minimum atomic E-state index is 0.286. The Morgan fingerprint density at radius 3 is 2.18 bits per heavy atom. The molecule has 3 aromatic carbocycles. The van der Waals surface area contributed by atoms with E-state index in [-0.39, 0.29) is 5.75 Å². The van der Waals surface area contributed by atoms with Gasteiger partial charge in [-0.3, -0.25) is 0 Å². The molecule has 0 aliphatic rings. The number of phenolic OH excluding ortho intramolecular Hbond substituents is 1. The summed E-state index contributed by atoms with van der Waals surface area (Å²) in [5, 5.41) is 13.6. The molecule has 0 aliphatic heterocycles. The van der Waals surface area contributed by atoms with Crippen LogP contribution in [0, 0.1) is 0 Å². The van der Waals surface area contributed by atoms with Crippen LogP contribution in [-0.4, -0.2) is 25.3 Å². The number of benzene rings is 3. The molecule has 0 bridgehead atoms. The van der Waals surface area contributed by atoms with Gasteiger partial charge in [-0.15, -0.1) is 0 Å². The summed E-state index contributed by atoms with van der Waals surface area (Å²) in [7, 11) is 1.91. The van der Waals surface area contributed by atoms with Crippen molar-refractivity contribution in [3.8, 4) is 11.5 Å². The van der Waals surface area contributed by atoms with Crippen LogP contribution in [0.4, 0.5) is 0 Å². The molecule has 0 spiro atoms. The standard InChI is InChI=1S/C25H27NO2/c1-3-22(19-9-5-4-6-10-19)25(23-11-7-8-12-24(23)27)20-13-15-21(16-14-20)28-18-17-26-2/h4-16,26-27H,3,17-18H2,1-2H3. The maximum absolute atomic E-state index is 10.6. The molecule has 144 valence electrons. The number of phenols is 1. The van der Waals surface area contributed by atoms with Crippen LogP contribution in [0.25, 0.3) is 11.1 Å². The van der Waals surface area contributed by atoms with Gasteiger partial charge in [0.25, 0.3) is 0 Å². The Kier molecular flexibility index (Phi) is 6.88. The number of para-hydroxylation sites is 1. The lowest BCUT2D eigenvalue weighted by molar-refractivity contribution is 0.318. The van der Waals surface area contributed by atoms with Crippen LogP contribution < -0.4 is 10.1 Å². The minimum Gasteiger partial charge on any atom is -0.507 e. The fraction of sp³-hybridized carbons (Fsp3) is 0.200. The van der Waals surface area contributed by atoms with Crippen LogP contribution in [0.5, 0.6) is 11.5 Å². The summed E-state index contributed by atoms with van der Waals surface area (Å²) in [6, 6.07) is 26.0. The monoisotopic (exact) mass is 373 g/mol. The number of ether oxygens (including phenoxy) is 1. The molecular formula is C25H27NO2. The van der Waals surface area contributed by atoms with Crippen molar-refractivity contribution in [2.75, 3.05) is 20.2 Å². The summed E-state index contributed by atoms with van der Waals surface area (Å²) < 4.78 is 5.75. The highest BCUT2D eigenvalue weighted by Gasteiger charge is 2.15. The molecule has 3 nitrogen and oxygen atoms in total. The molecule has 0 atom stereocenters. The fourth-order valence-electron chi connectivity index (χ4n) is 3.33. The summed E-state index contributed by atoms with van der Waals surface area (Å²) in [6.45, 7) is 3.58. The summed E-state index contributed by atoms with van der Waals surface area (Å²) in [6.07, 6.45) is 0.855. The lowest BCUT2D eigenvalue weighted by atomic mass is 9.88. The van der Waals surface area contributed by atoms with Crippen molar-refractivity contribution in [3.05, 3.63) is 95.6 Å². The van der Waals surface area contributed by atoms with E-state index in [1.807, 2.05) is 55.6 Å². The normalized spacial score (nSPS) is 11.8. The maximum Gasteiger partial charge on any atom is 0.123 e. The second kappa shape index (κ2) is 9.77. The van der Waals surface area contributed by atoms with Crippen molar-refractivity contribution in [2.24, 2.45) is 0 Å². The van der Waals surface area contributed by atoms with Gasteiger partial charge in [0.2, 0.25) is 0 Å². The van der Waals surface area contributed by atoms with E-state index in [9.17, 15) is 5.11 Å². The number of aromatic hydroxyl groups is 1. The Balaban J connectivity index is 2.10. The van der Waals surface area contributed by atoms with Crippen LogP contribution in [-0.2, 0) is 0 Å². The van der Waals surface area contributed by atoms with E-state index < -0.39 is 0 Å². The first-order valence-corrected chi connectivity index (χ1v) is 9.69. The van der Waals surface area contributed by atoms with E-state index in [2.05, 4.69) is 36.5 Å². The van der Waals surface area contributed by atoms with Crippen molar-refractivity contribution in [2.45, 2.75) is 13.3 Å². The highest BCUT2D eigenvalue weighted by Crippen LogP contribution is 2.38. The van der Waals surface area contributed by atoms with Crippen LogP contribution >= 0.6 is 0 Å². The molecule has 0 amide bonds. The van der Waals surface area contributed by atoms with E-state index in [1.54, 1.807) is 6.07 Å². The zero-order valence-corrected chi connectivity index (χ0v) is 16.5. The SMILES string of the molecule is CCC(=C(c1ccc(OCCNC)cc1)c1ccccc1O)c1ccccc1. The topological polar surface area (TPSA) is 41.5 Å². The molecule has 0 fully saturated rings.